The smallest absolute Gasteiger partial charge is 0.0249 e. The highest BCUT2D eigenvalue weighted by Gasteiger charge is 2.25. The highest BCUT2D eigenvalue weighted by Crippen LogP contribution is 2.25. The van der Waals surface area contributed by atoms with Crippen LogP contribution in [0, 0.1) is 5.41 Å². The molecule has 0 aromatic rings. The lowest BCUT2D eigenvalue weighted by molar-refractivity contribution is 0.238. The van der Waals surface area contributed by atoms with Crippen LogP contribution in [0.15, 0.2) is 0 Å². The molecule has 0 aromatic carbocycles. The summed E-state index contributed by atoms with van der Waals surface area (Å²) in [6.07, 6.45) is 2.76. The van der Waals surface area contributed by atoms with Gasteiger partial charge in [-0.15, -0.1) is 0 Å². The molecule has 0 saturated carbocycles. The Morgan fingerprint density at radius 1 is 1.36 bits per heavy atom. The molecule has 1 fully saturated rings. The van der Waals surface area contributed by atoms with Crippen molar-refractivity contribution in [2.24, 2.45) is 5.41 Å². The quantitative estimate of drug-likeness (QED) is 0.729. The Hall–Kier alpha value is 0.270. The first-order chi connectivity index (χ1) is 6.54. The summed E-state index contributed by atoms with van der Waals surface area (Å²) in [7, 11) is 2.07. The van der Waals surface area contributed by atoms with Crippen LogP contribution in [0.4, 0.5) is 0 Å². The Morgan fingerprint density at radius 3 is 2.50 bits per heavy atom. The molecule has 0 radical (unpaired) electrons. The molecule has 1 rings (SSSR count). The van der Waals surface area contributed by atoms with E-state index in [1.807, 2.05) is 11.9 Å². The largest absolute Gasteiger partial charge is 0.315 e. The van der Waals surface area contributed by atoms with Crippen molar-refractivity contribution in [3.05, 3.63) is 0 Å². The fraction of sp³-hybridized carbons (Fsp3) is 1.00. The summed E-state index contributed by atoms with van der Waals surface area (Å²) >= 11 is 2.02. The van der Waals surface area contributed by atoms with Gasteiger partial charge in [-0.3, -0.25) is 0 Å². The molecule has 1 atom stereocenters. The van der Waals surface area contributed by atoms with Gasteiger partial charge in [0.1, 0.15) is 0 Å². The van der Waals surface area contributed by atoms with Crippen molar-refractivity contribution in [3.8, 4) is 0 Å². The van der Waals surface area contributed by atoms with Gasteiger partial charge in [-0.05, 0) is 25.3 Å². The standard InChI is InChI=1S/C11H24N2S/c1-11(2,3)10(12-4)9-13-7-5-6-8-14-13/h10,12H,5-9H2,1-4H3. The second kappa shape index (κ2) is 5.38. The van der Waals surface area contributed by atoms with E-state index in [0.717, 1.165) is 0 Å². The van der Waals surface area contributed by atoms with Crippen LogP contribution >= 0.6 is 11.9 Å². The molecule has 84 valence electrons. The van der Waals surface area contributed by atoms with Crippen LogP contribution < -0.4 is 5.32 Å². The van der Waals surface area contributed by atoms with Gasteiger partial charge in [0.2, 0.25) is 0 Å². The summed E-state index contributed by atoms with van der Waals surface area (Å²) in [6.45, 7) is 9.36. The average Bonchev–Trinajstić information content (AvgIpc) is 2.14. The number of nitrogens with zero attached hydrogens (tertiary/aromatic N) is 1. The molecular weight excluding hydrogens is 192 g/mol. The maximum Gasteiger partial charge on any atom is 0.0249 e. The van der Waals surface area contributed by atoms with Crippen molar-refractivity contribution in [2.45, 2.75) is 39.7 Å². The molecule has 0 aliphatic carbocycles. The number of likely N-dealkylation sites (N-methyl/N-ethyl adjacent to an activating group) is 1. The van der Waals surface area contributed by atoms with Gasteiger partial charge < -0.3 is 5.32 Å². The van der Waals surface area contributed by atoms with E-state index < -0.39 is 0 Å². The van der Waals surface area contributed by atoms with Crippen molar-refractivity contribution >= 4 is 11.9 Å². The van der Waals surface area contributed by atoms with Gasteiger partial charge in [-0.2, -0.15) is 0 Å². The summed E-state index contributed by atoms with van der Waals surface area (Å²) in [6, 6.07) is 0.591. The van der Waals surface area contributed by atoms with Crippen molar-refractivity contribution in [3.63, 3.8) is 0 Å². The van der Waals surface area contributed by atoms with Gasteiger partial charge in [-0.25, -0.2) is 4.31 Å². The van der Waals surface area contributed by atoms with E-state index in [-0.39, 0.29) is 0 Å². The first kappa shape index (κ1) is 12.3. The van der Waals surface area contributed by atoms with E-state index in [9.17, 15) is 0 Å². The molecule has 1 N–H and O–H groups in total. The molecule has 1 aliphatic rings. The van der Waals surface area contributed by atoms with Crippen LogP contribution in [0.25, 0.3) is 0 Å². The third kappa shape index (κ3) is 3.79. The van der Waals surface area contributed by atoms with E-state index in [0.29, 0.717) is 11.5 Å². The minimum atomic E-state index is 0.354. The molecule has 3 heteroatoms. The number of rotatable bonds is 3. The van der Waals surface area contributed by atoms with Crippen LogP contribution in [-0.2, 0) is 0 Å². The lowest BCUT2D eigenvalue weighted by Crippen LogP contribution is -2.46. The first-order valence-electron chi connectivity index (χ1n) is 5.59. The SMILES string of the molecule is CNC(CN1CCCCS1)C(C)(C)C. The molecule has 0 spiro atoms. The van der Waals surface area contributed by atoms with Crippen LogP contribution in [0.1, 0.15) is 33.6 Å². The van der Waals surface area contributed by atoms with E-state index in [1.165, 1.54) is 31.7 Å². The van der Waals surface area contributed by atoms with E-state index >= 15 is 0 Å². The Morgan fingerprint density at radius 2 is 2.07 bits per heavy atom. The maximum atomic E-state index is 3.43. The molecular formula is C11H24N2S. The molecule has 2 nitrogen and oxygen atoms in total. The van der Waals surface area contributed by atoms with E-state index in [4.69, 9.17) is 0 Å². The minimum absolute atomic E-state index is 0.354. The van der Waals surface area contributed by atoms with Crippen LogP contribution in [0.3, 0.4) is 0 Å². The fourth-order valence-electron chi connectivity index (χ4n) is 1.79. The first-order valence-corrected chi connectivity index (χ1v) is 6.53. The maximum absolute atomic E-state index is 3.43. The molecule has 1 aliphatic heterocycles. The van der Waals surface area contributed by atoms with Crippen molar-refractivity contribution in [2.75, 3.05) is 25.9 Å². The zero-order valence-corrected chi connectivity index (χ0v) is 10.8. The minimum Gasteiger partial charge on any atom is -0.315 e. The second-order valence-corrected chi connectivity index (χ2v) is 6.32. The second-order valence-electron chi connectivity index (χ2n) is 5.14. The van der Waals surface area contributed by atoms with Gasteiger partial charge in [0, 0.05) is 24.9 Å². The Balaban J connectivity index is 2.39. The van der Waals surface area contributed by atoms with E-state index in [1.54, 1.807) is 0 Å². The number of hydrogen-bond acceptors (Lipinski definition) is 3. The predicted molar refractivity (Wildman–Crippen MR) is 65.6 cm³/mol. The predicted octanol–water partition coefficient (Wildman–Crippen LogP) is 2.36. The van der Waals surface area contributed by atoms with Gasteiger partial charge in [-0.1, -0.05) is 32.7 Å². The fourth-order valence-corrected chi connectivity index (χ4v) is 2.90. The lowest BCUT2D eigenvalue weighted by Gasteiger charge is -2.36. The number of nitrogens with one attached hydrogen (secondary N) is 1. The summed E-state index contributed by atoms with van der Waals surface area (Å²) in [5.74, 6) is 1.31. The Bertz CT molecular complexity index is 159. The van der Waals surface area contributed by atoms with Crippen LogP contribution in [0.2, 0.25) is 0 Å². The van der Waals surface area contributed by atoms with Gasteiger partial charge in [0.05, 0.1) is 0 Å². The molecule has 14 heavy (non-hydrogen) atoms. The molecule has 0 bridgehead atoms. The van der Waals surface area contributed by atoms with Gasteiger partial charge >= 0.3 is 0 Å². The Kier molecular flexibility index (Phi) is 4.74. The van der Waals surface area contributed by atoms with Crippen molar-refractivity contribution in [1.82, 2.24) is 9.62 Å². The topological polar surface area (TPSA) is 15.3 Å². The Labute approximate surface area is 93.0 Å². The van der Waals surface area contributed by atoms with Crippen LogP contribution in [-0.4, -0.2) is 36.2 Å². The van der Waals surface area contributed by atoms with Crippen molar-refractivity contribution in [1.29, 1.82) is 0 Å². The number of hydrogen-bond donors (Lipinski definition) is 1. The third-order valence-corrected chi connectivity index (χ3v) is 4.02. The summed E-state index contributed by atoms with van der Waals surface area (Å²) in [5.41, 5.74) is 0.354. The molecule has 0 aromatic heterocycles. The molecule has 1 unspecified atom stereocenters. The average molecular weight is 216 g/mol. The monoisotopic (exact) mass is 216 g/mol. The highest BCUT2D eigenvalue weighted by atomic mass is 32.2. The summed E-state index contributed by atoms with van der Waals surface area (Å²) in [5, 5.41) is 3.43. The zero-order valence-electron chi connectivity index (χ0n) is 9.97. The van der Waals surface area contributed by atoms with Crippen molar-refractivity contribution < 1.29 is 0 Å². The van der Waals surface area contributed by atoms with Crippen LogP contribution in [0.5, 0.6) is 0 Å². The highest BCUT2D eigenvalue weighted by molar-refractivity contribution is 7.97. The molecule has 1 saturated heterocycles. The van der Waals surface area contributed by atoms with Gasteiger partial charge in [0.25, 0.3) is 0 Å². The summed E-state index contributed by atoms with van der Waals surface area (Å²) < 4.78 is 2.52. The molecule has 0 amide bonds. The lowest BCUT2D eigenvalue weighted by atomic mass is 9.87. The summed E-state index contributed by atoms with van der Waals surface area (Å²) in [4.78, 5) is 0. The molecule has 1 heterocycles. The normalized spacial score (nSPS) is 22.3. The van der Waals surface area contributed by atoms with Gasteiger partial charge in [0.15, 0.2) is 0 Å². The zero-order chi connectivity index (χ0) is 10.6. The third-order valence-electron chi connectivity index (χ3n) is 2.86. The van der Waals surface area contributed by atoms with E-state index in [2.05, 4.69) is 37.4 Å².